The van der Waals surface area contributed by atoms with Crippen molar-refractivity contribution in [2.75, 3.05) is 14.2 Å². The molecule has 0 aliphatic rings. The number of nitrogens with zero attached hydrogens (tertiary/aromatic N) is 1. The Kier molecular flexibility index (Phi) is 4.50. The van der Waals surface area contributed by atoms with Crippen LogP contribution in [-0.2, 0) is 9.53 Å². The smallest absolute Gasteiger partial charge is 0.330 e. The lowest BCUT2D eigenvalue weighted by atomic mass is 10.1. The summed E-state index contributed by atoms with van der Waals surface area (Å²) < 4.78 is 9.57. The second-order valence-corrected chi connectivity index (χ2v) is 4.07. The minimum Gasteiger partial charge on any atom is -0.481 e. The summed E-state index contributed by atoms with van der Waals surface area (Å²) in [5.74, 6) is 0.222. The Bertz CT molecular complexity index is 601. The highest BCUT2D eigenvalue weighted by molar-refractivity contribution is 5.87. The van der Waals surface area contributed by atoms with Crippen LogP contribution in [0.2, 0.25) is 0 Å². The van der Waals surface area contributed by atoms with Gasteiger partial charge < -0.3 is 9.47 Å². The molecule has 0 saturated heterocycles. The molecule has 1 aromatic carbocycles. The van der Waals surface area contributed by atoms with Crippen LogP contribution < -0.4 is 4.74 Å². The van der Waals surface area contributed by atoms with Crippen molar-refractivity contribution >= 4 is 12.0 Å². The fraction of sp³-hybridized carbons (Fsp3) is 0.125. The molecule has 0 fully saturated rings. The summed E-state index contributed by atoms with van der Waals surface area (Å²) in [6.45, 7) is 0. The molecule has 4 heteroatoms. The van der Waals surface area contributed by atoms with Gasteiger partial charge in [-0.1, -0.05) is 24.3 Å². The Hall–Kier alpha value is -2.62. The van der Waals surface area contributed by atoms with Crippen molar-refractivity contribution in [3.63, 3.8) is 0 Å². The van der Waals surface area contributed by atoms with E-state index in [0.29, 0.717) is 5.88 Å². The molecule has 0 atom stereocenters. The van der Waals surface area contributed by atoms with Crippen LogP contribution in [0, 0.1) is 0 Å². The van der Waals surface area contributed by atoms with Gasteiger partial charge in [0.25, 0.3) is 0 Å². The molecular formula is C16H15NO3. The zero-order valence-corrected chi connectivity index (χ0v) is 11.4. The number of carbonyl (C=O) groups excluding carboxylic acids is 1. The van der Waals surface area contributed by atoms with Crippen LogP contribution in [0.5, 0.6) is 5.88 Å². The summed E-state index contributed by atoms with van der Waals surface area (Å²) in [5, 5.41) is 0. The second kappa shape index (κ2) is 6.52. The highest BCUT2D eigenvalue weighted by Crippen LogP contribution is 2.21. The molecule has 0 amide bonds. The third kappa shape index (κ3) is 3.45. The maximum absolute atomic E-state index is 11.0. The number of benzene rings is 1. The molecule has 2 rings (SSSR count). The van der Waals surface area contributed by atoms with Crippen LogP contribution in [0.4, 0.5) is 0 Å². The Morgan fingerprint density at radius 3 is 2.30 bits per heavy atom. The minimum atomic E-state index is -0.367. The molecule has 0 saturated carbocycles. The van der Waals surface area contributed by atoms with Crippen LogP contribution >= 0.6 is 0 Å². The molecule has 0 spiro atoms. The Morgan fingerprint density at radius 1 is 1.05 bits per heavy atom. The molecule has 0 aliphatic heterocycles. The number of aromatic nitrogens is 1. The average molecular weight is 269 g/mol. The average Bonchev–Trinajstić information content (AvgIpc) is 2.53. The third-order valence-electron chi connectivity index (χ3n) is 2.80. The van der Waals surface area contributed by atoms with Gasteiger partial charge in [-0.2, -0.15) is 0 Å². The van der Waals surface area contributed by atoms with E-state index in [4.69, 9.17) is 4.74 Å². The normalized spacial score (nSPS) is 10.5. The van der Waals surface area contributed by atoms with E-state index < -0.39 is 0 Å². The number of pyridine rings is 1. The van der Waals surface area contributed by atoms with Gasteiger partial charge in [0.2, 0.25) is 5.88 Å². The van der Waals surface area contributed by atoms with E-state index >= 15 is 0 Å². The van der Waals surface area contributed by atoms with Crippen LogP contribution in [0.25, 0.3) is 17.2 Å². The Labute approximate surface area is 117 Å². The van der Waals surface area contributed by atoms with Crippen LogP contribution in [0.3, 0.4) is 0 Å². The molecule has 1 aromatic heterocycles. The van der Waals surface area contributed by atoms with Gasteiger partial charge in [-0.15, -0.1) is 0 Å². The van der Waals surface area contributed by atoms with Crippen molar-refractivity contribution in [2.24, 2.45) is 0 Å². The van der Waals surface area contributed by atoms with Gasteiger partial charge in [0.15, 0.2) is 0 Å². The van der Waals surface area contributed by atoms with Crippen LogP contribution in [-0.4, -0.2) is 25.2 Å². The molecule has 1 heterocycles. The predicted octanol–water partition coefficient (Wildman–Crippen LogP) is 2.94. The summed E-state index contributed by atoms with van der Waals surface area (Å²) in [6.07, 6.45) is 4.87. The number of methoxy groups -OCH3 is 2. The summed E-state index contributed by atoms with van der Waals surface area (Å²) in [7, 11) is 2.94. The quantitative estimate of drug-likeness (QED) is 0.632. The lowest BCUT2D eigenvalue weighted by Gasteiger charge is -2.03. The first-order chi connectivity index (χ1) is 9.72. The van der Waals surface area contributed by atoms with E-state index in [1.54, 1.807) is 19.4 Å². The molecule has 102 valence electrons. The number of hydrogen-bond donors (Lipinski definition) is 0. The number of rotatable bonds is 4. The molecule has 20 heavy (non-hydrogen) atoms. The lowest BCUT2D eigenvalue weighted by molar-refractivity contribution is -0.134. The van der Waals surface area contributed by atoms with Gasteiger partial charge in [0, 0.05) is 23.9 Å². The van der Waals surface area contributed by atoms with Crippen molar-refractivity contribution in [3.8, 4) is 17.0 Å². The molecule has 0 unspecified atom stereocenters. The lowest BCUT2D eigenvalue weighted by Crippen LogP contribution is -1.93. The van der Waals surface area contributed by atoms with Crippen molar-refractivity contribution in [3.05, 3.63) is 54.2 Å². The minimum absolute atomic E-state index is 0.367. The molecule has 0 bridgehead atoms. The van der Waals surface area contributed by atoms with Gasteiger partial charge in [-0.3, -0.25) is 0 Å². The van der Waals surface area contributed by atoms with E-state index in [9.17, 15) is 4.79 Å². The monoisotopic (exact) mass is 269 g/mol. The largest absolute Gasteiger partial charge is 0.481 e. The van der Waals surface area contributed by atoms with Crippen molar-refractivity contribution in [1.29, 1.82) is 0 Å². The van der Waals surface area contributed by atoms with E-state index in [1.807, 2.05) is 36.4 Å². The van der Waals surface area contributed by atoms with E-state index in [0.717, 1.165) is 16.7 Å². The summed E-state index contributed by atoms with van der Waals surface area (Å²) >= 11 is 0. The fourth-order valence-corrected chi connectivity index (χ4v) is 1.69. The SMILES string of the molecule is COC(=O)C=Cc1ccc(-c2ccc(OC)nc2)cc1. The first-order valence-electron chi connectivity index (χ1n) is 6.09. The predicted molar refractivity (Wildman–Crippen MR) is 77.3 cm³/mol. The standard InChI is InChI=1S/C16H15NO3/c1-19-15-9-8-14(11-17-15)13-6-3-12(4-7-13)5-10-16(18)20-2/h3-11H,1-2H3. The first kappa shape index (κ1) is 13.8. The van der Waals surface area contributed by atoms with E-state index in [1.165, 1.54) is 13.2 Å². The highest BCUT2D eigenvalue weighted by atomic mass is 16.5. The van der Waals surface area contributed by atoms with Crippen molar-refractivity contribution in [1.82, 2.24) is 4.98 Å². The van der Waals surface area contributed by atoms with Gasteiger partial charge >= 0.3 is 5.97 Å². The molecule has 0 N–H and O–H groups in total. The van der Waals surface area contributed by atoms with Crippen molar-refractivity contribution in [2.45, 2.75) is 0 Å². The van der Waals surface area contributed by atoms with E-state index in [2.05, 4.69) is 9.72 Å². The fourth-order valence-electron chi connectivity index (χ4n) is 1.69. The van der Waals surface area contributed by atoms with Gasteiger partial charge in [-0.25, -0.2) is 9.78 Å². The molecule has 2 aromatic rings. The topological polar surface area (TPSA) is 48.4 Å². The number of hydrogen-bond acceptors (Lipinski definition) is 4. The second-order valence-electron chi connectivity index (χ2n) is 4.07. The molecule has 0 aliphatic carbocycles. The van der Waals surface area contributed by atoms with Gasteiger partial charge in [0.1, 0.15) is 0 Å². The highest BCUT2D eigenvalue weighted by Gasteiger charge is 1.99. The maximum Gasteiger partial charge on any atom is 0.330 e. The Morgan fingerprint density at radius 2 is 1.75 bits per heavy atom. The van der Waals surface area contributed by atoms with Gasteiger partial charge in [-0.05, 0) is 23.3 Å². The zero-order valence-electron chi connectivity index (χ0n) is 11.4. The maximum atomic E-state index is 11.0. The number of carbonyl (C=O) groups is 1. The number of ether oxygens (including phenoxy) is 2. The third-order valence-corrected chi connectivity index (χ3v) is 2.80. The van der Waals surface area contributed by atoms with Crippen LogP contribution in [0.15, 0.2) is 48.7 Å². The summed E-state index contributed by atoms with van der Waals surface area (Å²) in [5.41, 5.74) is 2.99. The van der Waals surface area contributed by atoms with Crippen molar-refractivity contribution < 1.29 is 14.3 Å². The van der Waals surface area contributed by atoms with Gasteiger partial charge in [0.05, 0.1) is 14.2 Å². The molecule has 4 nitrogen and oxygen atoms in total. The van der Waals surface area contributed by atoms with Crippen LogP contribution in [0.1, 0.15) is 5.56 Å². The summed E-state index contributed by atoms with van der Waals surface area (Å²) in [6, 6.07) is 11.6. The molecule has 0 radical (unpaired) electrons. The zero-order chi connectivity index (χ0) is 14.4. The Balaban J connectivity index is 2.14. The first-order valence-corrected chi connectivity index (χ1v) is 6.09. The molecular weight excluding hydrogens is 254 g/mol. The van der Waals surface area contributed by atoms with E-state index in [-0.39, 0.29) is 5.97 Å². The summed E-state index contributed by atoms with van der Waals surface area (Å²) in [4.78, 5) is 15.2. The number of esters is 1.